The molecule has 0 aliphatic heterocycles. The molecule has 0 saturated heterocycles. The maximum absolute atomic E-state index is 12.1. The highest BCUT2D eigenvalue weighted by Crippen LogP contribution is 2.42. The van der Waals surface area contributed by atoms with Crippen molar-refractivity contribution in [2.45, 2.75) is 44.9 Å². The standard InChI is InChI=1S/C15H26ClNO2/c16-7-9-19-10-8-17-15(18)14-6-5-12-3-1-2-4-13(12)11-14/h12-14H,1-11H2,(H,17,18). The summed E-state index contributed by atoms with van der Waals surface area (Å²) in [6.45, 7) is 1.74. The molecule has 19 heavy (non-hydrogen) atoms. The van der Waals surface area contributed by atoms with Gasteiger partial charge in [-0.1, -0.05) is 25.7 Å². The number of hydrogen-bond acceptors (Lipinski definition) is 2. The molecular formula is C15H26ClNO2. The number of rotatable bonds is 6. The molecule has 0 spiro atoms. The summed E-state index contributed by atoms with van der Waals surface area (Å²) in [5, 5.41) is 3.00. The van der Waals surface area contributed by atoms with Crippen molar-refractivity contribution in [2.24, 2.45) is 17.8 Å². The van der Waals surface area contributed by atoms with E-state index in [0.29, 0.717) is 25.6 Å². The highest BCUT2D eigenvalue weighted by molar-refractivity contribution is 6.17. The summed E-state index contributed by atoms with van der Waals surface area (Å²) in [5.74, 6) is 2.71. The minimum Gasteiger partial charge on any atom is -0.378 e. The van der Waals surface area contributed by atoms with E-state index in [1.807, 2.05) is 0 Å². The van der Waals surface area contributed by atoms with Crippen LogP contribution in [0.5, 0.6) is 0 Å². The van der Waals surface area contributed by atoms with Crippen LogP contribution in [-0.2, 0) is 9.53 Å². The second-order valence-corrected chi connectivity index (χ2v) is 6.28. The van der Waals surface area contributed by atoms with Gasteiger partial charge in [0, 0.05) is 18.3 Å². The lowest BCUT2D eigenvalue weighted by Crippen LogP contribution is -2.38. The van der Waals surface area contributed by atoms with Gasteiger partial charge >= 0.3 is 0 Å². The van der Waals surface area contributed by atoms with Gasteiger partial charge in [-0.2, -0.15) is 0 Å². The largest absolute Gasteiger partial charge is 0.378 e. The lowest BCUT2D eigenvalue weighted by molar-refractivity contribution is -0.127. The molecule has 0 heterocycles. The molecule has 2 rings (SSSR count). The molecule has 0 aromatic carbocycles. The predicted octanol–water partition coefficient (Wildman–Crippen LogP) is 2.96. The molecule has 0 bridgehead atoms. The van der Waals surface area contributed by atoms with Gasteiger partial charge in [-0.3, -0.25) is 4.79 Å². The van der Waals surface area contributed by atoms with Gasteiger partial charge < -0.3 is 10.1 Å². The van der Waals surface area contributed by atoms with Crippen LogP contribution < -0.4 is 5.32 Å². The number of fused-ring (bicyclic) bond motifs is 1. The van der Waals surface area contributed by atoms with E-state index < -0.39 is 0 Å². The van der Waals surface area contributed by atoms with E-state index in [1.165, 1.54) is 32.1 Å². The van der Waals surface area contributed by atoms with Crippen molar-refractivity contribution in [3.63, 3.8) is 0 Å². The zero-order chi connectivity index (χ0) is 13.5. The Balaban J connectivity index is 1.65. The number of hydrogen-bond donors (Lipinski definition) is 1. The molecule has 2 aliphatic carbocycles. The van der Waals surface area contributed by atoms with Crippen LogP contribution in [-0.4, -0.2) is 31.5 Å². The van der Waals surface area contributed by atoms with Crippen LogP contribution >= 0.6 is 11.6 Å². The molecule has 2 fully saturated rings. The molecule has 2 saturated carbocycles. The summed E-state index contributed by atoms with van der Waals surface area (Å²) in [6.07, 6.45) is 8.94. The Bertz CT molecular complexity index is 285. The van der Waals surface area contributed by atoms with E-state index in [4.69, 9.17) is 16.3 Å². The molecule has 3 unspecified atom stereocenters. The number of ether oxygens (including phenoxy) is 1. The van der Waals surface area contributed by atoms with Crippen LogP contribution in [0.1, 0.15) is 44.9 Å². The summed E-state index contributed by atoms with van der Waals surface area (Å²) in [6, 6.07) is 0. The molecule has 1 N–H and O–H groups in total. The molecule has 110 valence electrons. The Morgan fingerprint density at radius 3 is 2.68 bits per heavy atom. The van der Waals surface area contributed by atoms with Gasteiger partial charge in [-0.15, -0.1) is 11.6 Å². The summed E-state index contributed by atoms with van der Waals surface area (Å²) >= 11 is 5.52. The summed E-state index contributed by atoms with van der Waals surface area (Å²) in [7, 11) is 0. The first-order valence-electron chi connectivity index (χ1n) is 7.72. The third-order valence-corrected chi connectivity index (χ3v) is 4.83. The molecule has 2 aliphatic rings. The number of carbonyl (C=O) groups excluding carboxylic acids is 1. The first-order valence-corrected chi connectivity index (χ1v) is 8.26. The molecule has 4 heteroatoms. The highest BCUT2D eigenvalue weighted by atomic mass is 35.5. The van der Waals surface area contributed by atoms with Crippen molar-refractivity contribution in [3.8, 4) is 0 Å². The summed E-state index contributed by atoms with van der Waals surface area (Å²) < 4.78 is 5.26. The SMILES string of the molecule is O=C(NCCOCCCl)C1CCC2CCCCC2C1. The lowest BCUT2D eigenvalue weighted by atomic mass is 9.67. The van der Waals surface area contributed by atoms with Crippen LogP contribution in [0.4, 0.5) is 0 Å². The van der Waals surface area contributed by atoms with Gasteiger partial charge in [0.05, 0.1) is 13.2 Å². The van der Waals surface area contributed by atoms with Crippen LogP contribution in [0.25, 0.3) is 0 Å². The van der Waals surface area contributed by atoms with Crippen molar-refractivity contribution in [3.05, 3.63) is 0 Å². The van der Waals surface area contributed by atoms with Gasteiger partial charge in [-0.25, -0.2) is 0 Å². The summed E-state index contributed by atoms with van der Waals surface area (Å²) in [4.78, 5) is 12.1. The zero-order valence-corrected chi connectivity index (χ0v) is 12.5. The normalized spacial score (nSPS) is 30.7. The Hall–Kier alpha value is -0.280. The minimum absolute atomic E-state index is 0.235. The van der Waals surface area contributed by atoms with Crippen LogP contribution in [0.3, 0.4) is 0 Å². The molecule has 0 aromatic rings. The van der Waals surface area contributed by atoms with E-state index in [-0.39, 0.29) is 11.8 Å². The van der Waals surface area contributed by atoms with Crippen LogP contribution in [0.15, 0.2) is 0 Å². The second kappa shape index (κ2) is 8.11. The van der Waals surface area contributed by atoms with Crippen molar-refractivity contribution >= 4 is 17.5 Å². The first kappa shape index (κ1) is 15.1. The average molecular weight is 288 g/mol. The number of amides is 1. The Labute approximate surface area is 121 Å². The second-order valence-electron chi connectivity index (χ2n) is 5.91. The molecule has 3 nitrogen and oxygen atoms in total. The minimum atomic E-state index is 0.235. The van der Waals surface area contributed by atoms with Gasteiger partial charge in [0.15, 0.2) is 0 Å². The fourth-order valence-electron chi connectivity index (χ4n) is 3.66. The van der Waals surface area contributed by atoms with Crippen molar-refractivity contribution in [2.75, 3.05) is 25.6 Å². The number of carbonyl (C=O) groups is 1. The highest BCUT2D eigenvalue weighted by Gasteiger charge is 2.34. The third-order valence-electron chi connectivity index (χ3n) is 4.68. The van der Waals surface area contributed by atoms with Crippen molar-refractivity contribution in [1.82, 2.24) is 5.32 Å². The van der Waals surface area contributed by atoms with E-state index >= 15 is 0 Å². The van der Waals surface area contributed by atoms with Gasteiger partial charge in [-0.05, 0) is 31.1 Å². The fraction of sp³-hybridized carbons (Fsp3) is 0.933. The molecule has 1 amide bonds. The van der Waals surface area contributed by atoms with E-state index in [1.54, 1.807) is 0 Å². The number of nitrogens with one attached hydrogen (secondary N) is 1. The number of alkyl halides is 1. The fourth-order valence-corrected chi connectivity index (χ4v) is 3.77. The monoisotopic (exact) mass is 287 g/mol. The van der Waals surface area contributed by atoms with E-state index in [9.17, 15) is 4.79 Å². The molecule has 0 radical (unpaired) electrons. The van der Waals surface area contributed by atoms with Gasteiger partial charge in [0.2, 0.25) is 5.91 Å². The zero-order valence-electron chi connectivity index (χ0n) is 11.7. The Morgan fingerprint density at radius 2 is 1.89 bits per heavy atom. The van der Waals surface area contributed by atoms with E-state index in [0.717, 1.165) is 24.7 Å². The maximum Gasteiger partial charge on any atom is 0.223 e. The van der Waals surface area contributed by atoms with Crippen LogP contribution in [0.2, 0.25) is 0 Å². The smallest absolute Gasteiger partial charge is 0.223 e. The molecular weight excluding hydrogens is 262 g/mol. The van der Waals surface area contributed by atoms with Crippen LogP contribution in [0, 0.1) is 17.8 Å². The summed E-state index contributed by atoms with van der Waals surface area (Å²) in [5.41, 5.74) is 0. The quantitative estimate of drug-likeness (QED) is 0.602. The van der Waals surface area contributed by atoms with E-state index in [2.05, 4.69) is 5.32 Å². The average Bonchev–Trinajstić information content (AvgIpc) is 2.46. The van der Waals surface area contributed by atoms with Gasteiger partial charge in [0.1, 0.15) is 0 Å². The van der Waals surface area contributed by atoms with Crippen molar-refractivity contribution in [1.29, 1.82) is 0 Å². The third kappa shape index (κ3) is 4.64. The first-order chi connectivity index (χ1) is 9.31. The Kier molecular flexibility index (Phi) is 6.45. The van der Waals surface area contributed by atoms with Gasteiger partial charge in [0.25, 0.3) is 0 Å². The maximum atomic E-state index is 12.1. The molecule has 0 aromatic heterocycles. The predicted molar refractivity (Wildman–Crippen MR) is 77.3 cm³/mol. The number of halogens is 1. The van der Waals surface area contributed by atoms with Crippen molar-refractivity contribution < 1.29 is 9.53 Å². The topological polar surface area (TPSA) is 38.3 Å². The Morgan fingerprint density at radius 1 is 1.11 bits per heavy atom. The molecule has 3 atom stereocenters. The lowest BCUT2D eigenvalue weighted by Gasteiger charge is -2.38.